The normalized spacial score (nSPS) is 21.7. The van der Waals surface area contributed by atoms with Crippen molar-refractivity contribution in [2.45, 2.75) is 92.3 Å². The molecule has 0 amide bonds. The molecule has 0 aliphatic carbocycles. The number of hydrogen-bond acceptors (Lipinski definition) is 3. The first-order valence-corrected chi connectivity index (χ1v) is 10.5. The Kier molecular flexibility index (Phi) is 8.50. The number of benzene rings is 1. The van der Waals surface area contributed by atoms with E-state index in [0.717, 1.165) is 25.2 Å². The molecule has 3 unspecified atom stereocenters. The minimum Gasteiger partial charge on any atom is -0.493 e. The highest BCUT2D eigenvalue weighted by molar-refractivity contribution is 6.62. The maximum atomic E-state index is 6.19. The molecule has 0 radical (unpaired) electrons. The molecule has 0 bridgehead atoms. The third kappa shape index (κ3) is 5.75. The summed E-state index contributed by atoms with van der Waals surface area (Å²) in [5.41, 5.74) is 3.55. The van der Waals surface area contributed by atoms with Crippen molar-refractivity contribution in [3.63, 3.8) is 0 Å². The molecule has 0 spiro atoms. The van der Waals surface area contributed by atoms with Gasteiger partial charge in [0.25, 0.3) is 0 Å². The summed E-state index contributed by atoms with van der Waals surface area (Å²) in [7, 11) is -0.259. The monoisotopic (exact) mass is 360 g/mol. The topological polar surface area (TPSA) is 27.7 Å². The van der Waals surface area contributed by atoms with E-state index in [1.54, 1.807) is 0 Å². The number of unbranched alkanes of at least 4 members (excludes halogenated alkanes) is 1. The summed E-state index contributed by atoms with van der Waals surface area (Å²) < 4.78 is 18.4. The number of ether oxygens (including phenoxy) is 1. The Labute approximate surface area is 160 Å². The molecule has 0 N–H and O–H groups in total. The van der Waals surface area contributed by atoms with Gasteiger partial charge in [0.2, 0.25) is 0 Å². The van der Waals surface area contributed by atoms with Gasteiger partial charge in [0, 0.05) is 12.2 Å². The largest absolute Gasteiger partial charge is 0.494 e. The lowest BCUT2D eigenvalue weighted by Gasteiger charge is -2.33. The molecule has 1 aliphatic heterocycles. The van der Waals surface area contributed by atoms with E-state index in [4.69, 9.17) is 14.0 Å². The molecule has 146 valence electrons. The van der Waals surface area contributed by atoms with Crippen LogP contribution in [0.1, 0.15) is 77.3 Å². The average molecular weight is 360 g/mol. The first-order chi connectivity index (χ1) is 12.5. The molecular formula is C22H37BO3. The first-order valence-electron chi connectivity index (χ1n) is 10.5. The fourth-order valence-electron chi connectivity index (χ4n) is 3.80. The molecule has 3 atom stereocenters. The minimum absolute atomic E-state index is 0.234. The molecular weight excluding hydrogens is 323 g/mol. The van der Waals surface area contributed by atoms with Gasteiger partial charge in [-0.2, -0.15) is 0 Å². The van der Waals surface area contributed by atoms with E-state index in [1.165, 1.54) is 42.3 Å². The summed E-state index contributed by atoms with van der Waals surface area (Å²) in [6.07, 6.45) is 7.48. The lowest BCUT2D eigenvalue weighted by molar-refractivity contribution is 0.0294. The van der Waals surface area contributed by atoms with Gasteiger partial charge < -0.3 is 14.0 Å². The number of hydrogen-bond donors (Lipinski definition) is 0. The third-order valence-electron chi connectivity index (χ3n) is 5.55. The van der Waals surface area contributed by atoms with E-state index in [0.29, 0.717) is 5.92 Å². The Morgan fingerprint density at radius 2 is 1.85 bits per heavy atom. The van der Waals surface area contributed by atoms with Crippen LogP contribution in [-0.4, -0.2) is 25.9 Å². The second kappa shape index (κ2) is 10.4. The van der Waals surface area contributed by atoms with Gasteiger partial charge in [-0.15, -0.1) is 0 Å². The van der Waals surface area contributed by atoms with Crippen LogP contribution in [0.2, 0.25) is 0 Å². The number of rotatable bonds is 9. The molecule has 1 saturated heterocycles. The van der Waals surface area contributed by atoms with Crippen LogP contribution in [0.3, 0.4) is 0 Å². The van der Waals surface area contributed by atoms with Crippen LogP contribution < -0.4 is 10.2 Å². The second-order valence-electron chi connectivity index (χ2n) is 7.88. The van der Waals surface area contributed by atoms with Crippen LogP contribution in [0.5, 0.6) is 5.75 Å². The predicted molar refractivity (Wildman–Crippen MR) is 110 cm³/mol. The van der Waals surface area contributed by atoms with Crippen molar-refractivity contribution in [3.05, 3.63) is 23.3 Å². The Bertz CT molecular complexity index is 537. The van der Waals surface area contributed by atoms with Gasteiger partial charge in [0.15, 0.2) is 0 Å². The van der Waals surface area contributed by atoms with Crippen molar-refractivity contribution < 1.29 is 14.0 Å². The van der Waals surface area contributed by atoms with E-state index in [-0.39, 0.29) is 19.3 Å². The third-order valence-corrected chi connectivity index (χ3v) is 5.55. The lowest BCUT2D eigenvalue weighted by Crippen LogP contribution is -2.49. The molecule has 3 nitrogen and oxygen atoms in total. The van der Waals surface area contributed by atoms with Gasteiger partial charge in [-0.3, -0.25) is 0 Å². The Hall–Kier alpha value is -0.995. The van der Waals surface area contributed by atoms with Gasteiger partial charge in [-0.05, 0) is 74.7 Å². The molecule has 4 heteroatoms. The standard InChI is InChI=1S/C22H37BO3/c1-7-10-11-19(8-2)15-24-21-12-16(4)22(17(5)13-21)23-25-18(6)14-20(9-3)26-23/h12-13,18-20H,7-11,14-15H2,1-6H3. The molecule has 26 heavy (non-hydrogen) atoms. The van der Waals surface area contributed by atoms with Gasteiger partial charge in [-0.25, -0.2) is 0 Å². The SMILES string of the molecule is CCCCC(CC)COc1cc(C)c(B2OC(C)CC(CC)O2)c(C)c1. The molecule has 1 aromatic carbocycles. The molecule has 1 aromatic rings. The molecule has 0 saturated carbocycles. The van der Waals surface area contributed by atoms with Crippen molar-refractivity contribution in [1.29, 1.82) is 0 Å². The van der Waals surface area contributed by atoms with Crippen LogP contribution in [0.4, 0.5) is 0 Å². The Morgan fingerprint density at radius 1 is 1.15 bits per heavy atom. The summed E-state index contributed by atoms with van der Waals surface area (Å²) >= 11 is 0. The summed E-state index contributed by atoms with van der Waals surface area (Å²) in [6.45, 7) is 13.9. The van der Waals surface area contributed by atoms with Crippen LogP contribution >= 0.6 is 0 Å². The van der Waals surface area contributed by atoms with E-state index in [1.807, 2.05) is 0 Å². The van der Waals surface area contributed by atoms with Gasteiger partial charge in [0.1, 0.15) is 5.75 Å². The molecule has 0 aromatic heterocycles. The zero-order valence-electron chi connectivity index (χ0n) is 17.6. The highest BCUT2D eigenvalue weighted by Crippen LogP contribution is 2.23. The van der Waals surface area contributed by atoms with Crippen molar-refractivity contribution >= 4 is 12.6 Å². The van der Waals surface area contributed by atoms with Crippen LogP contribution in [0.15, 0.2) is 12.1 Å². The fraction of sp³-hybridized carbons (Fsp3) is 0.727. The average Bonchev–Trinajstić information content (AvgIpc) is 2.61. The highest BCUT2D eigenvalue weighted by atomic mass is 16.6. The smallest absolute Gasteiger partial charge is 0.493 e. The molecule has 1 aliphatic rings. The maximum absolute atomic E-state index is 6.19. The van der Waals surface area contributed by atoms with Crippen molar-refractivity contribution in [1.82, 2.24) is 0 Å². The van der Waals surface area contributed by atoms with E-state index >= 15 is 0 Å². The quantitative estimate of drug-likeness (QED) is 0.567. The zero-order valence-corrected chi connectivity index (χ0v) is 17.6. The summed E-state index contributed by atoms with van der Waals surface area (Å²) in [5.74, 6) is 1.61. The lowest BCUT2D eigenvalue weighted by atomic mass is 9.71. The Morgan fingerprint density at radius 3 is 2.42 bits per heavy atom. The summed E-state index contributed by atoms with van der Waals surface area (Å²) in [5, 5.41) is 0. The van der Waals surface area contributed by atoms with E-state index in [2.05, 4.69) is 53.7 Å². The summed E-state index contributed by atoms with van der Waals surface area (Å²) in [4.78, 5) is 0. The highest BCUT2D eigenvalue weighted by Gasteiger charge is 2.35. The molecule has 1 fully saturated rings. The summed E-state index contributed by atoms with van der Waals surface area (Å²) in [6, 6.07) is 4.28. The second-order valence-corrected chi connectivity index (χ2v) is 7.88. The zero-order chi connectivity index (χ0) is 19.1. The molecule has 1 heterocycles. The van der Waals surface area contributed by atoms with Crippen molar-refractivity contribution in [3.8, 4) is 5.75 Å². The van der Waals surface area contributed by atoms with Gasteiger partial charge in [-0.1, -0.05) is 40.0 Å². The first kappa shape index (κ1) is 21.3. The maximum Gasteiger partial charge on any atom is 0.494 e. The van der Waals surface area contributed by atoms with Crippen molar-refractivity contribution in [2.75, 3.05) is 6.61 Å². The van der Waals surface area contributed by atoms with E-state index in [9.17, 15) is 0 Å². The Balaban J connectivity index is 2.07. The van der Waals surface area contributed by atoms with Crippen molar-refractivity contribution in [2.24, 2.45) is 5.92 Å². The van der Waals surface area contributed by atoms with Crippen LogP contribution in [0.25, 0.3) is 0 Å². The van der Waals surface area contributed by atoms with Crippen LogP contribution in [0, 0.1) is 19.8 Å². The van der Waals surface area contributed by atoms with Crippen LogP contribution in [-0.2, 0) is 9.31 Å². The minimum atomic E-state index is -0.259. The van der Waals surface area contributed by atoms with E-state index < -0.39 is 0 Å². The predicted octanol–water partition coefficient (Wildman–Crippen LogP) is 5.20. The van der Waals surface area contributed by atoms with Gasteiger partial charge in [0.05, 0.1) is 6.61 Å². The fourth-order valence-corrected chi connectivity index (χ4v) is 3.80. The number of aryl methyl sites for hydroxylation is 2. The molecule has 2 rings (SSSR count). The van der Waals surface area contributed by atoms with Gasteiger partial charge >= 0.3 is 7.12 Å².